The van der Waals surface area contributed by atoms with Gasteiger partial charge in [0.25, 0.3) is 0 Å². The first-order valence-corrected chi connectivity index (χ1v) is 9.58. The van der Waals surface area contributed by atoms with Gasteiger partial charge in [-0.25, -0.2) is 4.39 Å². The quantitative estimate of drug-likeness (QED) is 0.508. The fourth-order valence-corrected chi connectivity index (χ4v) is 2.89. The van der Waals surface area contributed by atoms with Crippen LogP contribution in [0.5, 0.6) is 5.75 Å². The number of hydrogen-bond donors (Lipinski definition) is 0. The zero-order chi connectivity index (χ0) is 20.8. The average molecular weight is 382 g/mol. The highest BCUT2D eigenvalue weighted by molar-refractivity contribution is 5.58. The molecule has 144 valence electrons. The van der Waals surface area contributed by atoms with E-state index < -0.39 is 0 Å². The largest absolute Gasteiger partial charge is 0.495 e. The second-order valence-electron chi connectivity index (χ2n) is 6.89. The molecule has 0 aliphatic heterocycles. The van der Waals surface area contributed by atoms with Crippen LogP contribution in [0.1, 0.15) is 45.9 Å². The van der Waals surface area contributed by atoms with E-state index in [-0.39, 0.29) is 5.82 Å². The molecule has 0 spiro atoms. The third-order valence-electron chi connectivity index (χ3n) is 4.71. The molecule has 0 heterocycles. The lowest BCUT2D eigenvalue weighted by atomic mass is 10.0. The van der Waals surface area contributed by atoms with Crippen LogP contribution in [0.15, 0.2) is 54.6 Å². The van der Waals surface area contributed by atoms with Crippen molar-refractivity contribution in [1.29, 1.82) is 0 Å². The van der Waals surface area contributed by atoms with E-state index in [1.807, 2.05) is 42.5 Å². The molecule has 0 atom stereocenters. The molecule has 0 radical (unpaired) electrons. The third kappa shape index (κ3) is 5.07. The minimum atomic E-state index is -0.244. The van der Waals surface area contributed by atoms with Crippen LogP contribution in [0, 0.1) is 43.3 Å². The van der Waals surface area contributed by atoms with Gasteiger partial charge in [-0.2, -0.15) is 0 Å². The molecule has 0 fully saturated rings. The zero-order valence-electron chi connectivity index (χ0n) is 17.2. The van der Waals surface area contributed by atoms with E-state index in [0.717, 1.165) is 28.7 Å². The van der Waals surface area contributed by atoms with Crippen molar-refractivity contribution >= 4 is 0 Å². The zero-order valence-corrected chi connectivity index (χ0v) is 17.2. The Labute approximate surface area is 172 Å². The molecule has 0 N–H and O–H groups in total. The van der Waals surface area contributed by atoms with Gasteiger partial charge in [-0.05, 0) is 67.8 Å². The van der Waals surface area contributed by atoms with Crippen LogP contribution in [-0.4, -0.2) is 7.11 Å². The first kappa shape index (κ1) is 20.2. The minimum Gasteiger partial charge on any atom is -0.495 e. The number of aryl methyl sites for hydroxylation is 3. The highest BCUT2D eigenvalue weighted by Gasteiger charge is 2.07. The summed E-state index contributed by atoms with van der Waals surface area (Å²) in [6, 6.07) is 17.1. The summed E-state index contributed by atoms with van der Waals surface area (Å²) < 4.78 is 19.3. The van der Waals surface area contributed by atoms with E-state index in [2.05, 4.69) is 37.5 Å². The van der Waals surface area contributed by atoms with E-state index >= 15 is 0 Å². The fourth-order valence-electron chi connectivity index (χ4n) is 2.89. The molecule has 3 rings (SSSR count). The van der Waals surface area contributed by atoms with Crippen molar-refractivity contribution in [3.63, 3.8) is 0 Å². The molecule has 3 aromatic rings. The Morgan fingerprint density at radius 2 is 1.45 bits per heavy atom. The summed E-state index contributed by atoms with van der Waals surface area (Å²) in [7, 11) is 1.63. The normalized spacial score (nSPS) is 9.83. The molecule has 0 aliphatic rings. The lowest BCUT2D eigenvalue weighted by Gasteiger charge is -2.08. The maximum Gasteiger partial charge on any atom is 0.135 e. The Hall–Kier alpha value is -3.49. The van der Waals surface area contributed by atoms with Gasteiger partial charge in [-0.3, -0.25) is 0 Å². The maximum atomic E-state index is 13.8. The first-order valence-electron chi connectivity index (χ1n) is 9.58. The SMILES string of the molecule is CCc1cc(C#Cc2ccc(C)cc2)c(OC)cc1C#Cc1ccc(C)c(F)c1. The van der Waals surface area contributed by atoms with E-state index in [9.17, 15) is 4.39 Å². The summed E-state index contributed by atoms with van der Waals surface area (Å²) in [4.78, 5) is 0. The van der Waals surface area contributed by atoms with E-state index in [4.69, 9.17) is 4.74 Å². The number of benzene rings is 3. The lowest BCUT2D eigenvalue weighted by Crippen LogP contribution is -1.95. The van der Waals surface area contributed by atoms with Gasteiger partial charge >= 0.3 is 0 Å². The van der Waals surface area contributed by atoms with Crippen LogP contribution in [0.2, 0.25) is 0 Å². The molecular weight excluding hydrogens is 359 g/mol. The second-order valence-corrected chi connectivity index (χ2v) is 6.89. The van der Waals surface area contributed by atoms with E-state index in [1.165, 1.54) is 11.6 Å². The lowest BCUT2D eigenvalue weighted by molar-refractivity contribution is 0.413. The first-order chi connectivity index (χ1) is 14.0. The van der Waals surface area contributed by atoms with Crippen molar-refractivity contribution in [2.24, 2.45) is 0 Å². The molecule has 0 bridgehead atoms. The third-order valence-corrected chi connectivity index (χ3v) is 4.71. The average Bonchev–Trinajstić information content (AvgIpc) is 2.74. The summed E-state index contributed by atoms with van der Waals surface area (Å²) in [6.45, 7) is 5.87. The fraction of sp³-hybridized carbons (Fsp3) is 0.185. The van der Waals surface area contributed by atoms with Crippen LogP contribution < -0.4 is 4.74 Å². The number of hydrogen-bond acceptors (Lipinski definition) is 1. The Kier molecular flexibility index (Phi) is 6.38. The number of halogens is 1. The summed E-state index contributed by atoms with van der Waals surface area (Å²) in [5.74, 6) is 13.1. The van der Waals surface area contributed by atoms with Crippen LogP contribution in [0.4, 0.5) is 4.39 Å². The van der Waals surface area contributed by atoms with Crippen molar-refractivity contribution in [3.05, 3.63) is 99.4 Å². The maximum absolute atomic E-state index is 13.8. The van der Waals surface area contributed by atoms with Crippen LogP contribution in [0.3, 0.4) is 0 Å². The number of methoxy groups -OCH3 is 1. The van der Waals surface area contributed by atoms with E-state index in [1.54, 1.807) is 20.1 Å². The summed E-state index contributed by atoms with van der Waals surface area (Å²) in [6.07, 6.45) is 0.815. The van der Waals surface area contributed by atoms with Crippen molar-refractivity contribution in [2.75, 3.05) is 7.11 Å². The van der Waals surface area contributed by atoms with Crippen LogP contribution >= 0.6 is 0 Å². The monoisotopic (exact) mass is 382 g/mol. The summed E-state index contributed by atoms with van der Waals surface area (Å²) >= 11 is 0. The molecule has 0 aromatic heterocycles. The highest BCUT2D eigenvalue weighted by Crippen LogP contribution is 2.23. The van der Waals surface area contributed by atoms with Crippen molar-refractivity contribution in [2.45, 2.75) is 27.2 Å². The van der Waals surface area contributed by atoms with Gasteiger partial charge in [-0.15, -0.1) is 0 Å². The Balaban J connectivity index is 1.98. The molecule has 0 unspecified atom stereocenters. The Morgan fingerprint density at radius 3 is 2.10 bits per heavy atom. The predicted octanol–water partition coefficient (Wildman–Crippen LogP) is 5.81. The van der Waals surface area contributed by atoms with Gasteiger partial charge in [0.15, 0.2) is 0 Å². The predicted molar refractivity (Wildman–Crippen MR) is 117 cm³/mol. The van der Waals surface area contributed by atoms with Gasteiger partial charge < -0.3 is 4.74 Å². The Bertz CT molecular complexity index is 1150. The smallest absolute Gasteiger partial charge is 0.135 e. The van der Waals surface area contributed by atoms with Gasteiger partial charge in [0.1, 0.15) is 11.6 Å². The number of ether oxygens (including phenoxy) is 1. The topological polar surface area (TPSA) is 9.23 Å². The van der Waals surface area contributed by atoms with Crippen LogP contribution in [0.25, 0.3) is 0 Å². The van der Waals surface area contributed by atoms with Crippen molar-refractivity contribution in [3.8, 4) is 29.4 Å². The van der Waals surface area contributed by atoms with Crippen molar-refractivity contribution < 1.29 is 9.13 Å². The standard InChI is InChI=1S/C27H23FO/c1-5-23-17-25(15-12-21-9-6-19(2)7-10-21)27(29-4)18-24(23)14-13-22-11-8-20(3)26(28)16-22/h6-11,16-18H,5H2,1-4H3. The van der Waals surface area contributed by atoms with Gasteiger partial charge in [0, 0.05) is 16.7 Å². The van der Waals surface area contributed by atoms with Gasteiger partial charge in [0.2, 0.25) is 0 Å². The second kappa shape index (κ2) is 9.13. The molecule has 2 heteroatoms. The molecule has 0 saturated carbocycles. The molecule has 1 nitrogen and oxygen atoms in total. The Morgan fingerprint density at radius 1 is 0.793 bits per heavy atom. The van der Waals surface area contributed by atoms with Crippen molar-refractivity contribution in [1.82, 2.24) is 0 Å². The number of rotatable bonds is 2. The molecule has 29 heavy (non-hydrogen) atoms. The molecule has 0 saturated heterocycles. The highest BCUT2D eigenvalue weighted by atomic mass is 19.1. The van der Waals surface area contributed by atoms with Gasteiger partial charge in [0.05, 0.1) is 12.7 Å². The minimum absolute atomic E-state index is 0.244. The molecular formula is C27H23FO. The van der Waals surface area contributed by atoms with E-state index in [0.29, 0.717) is 16.9 Å². The molecule has 3 aromatic carbocycles. The molecule has 0 amide bonds. The summed E-state index contributed by atoms with van der Waals surface area (Å²) in [5, 5.41) is 0. The molecule has 0 aliphatic carbocycles. The summed E-state index contributed by atoms with van der Waals surface area (Å²) in [5.41, 5.74) is 6.21. The van der Waals surface area contributed by atoms with Crippen LogP contribution in [-0.2, 0) is 6.42 Å². The van der Waals surface area contributed by atoms with Gasteiger partial charge in [-0.1, -0.05) is 54.4 Å².